The second kappa shape index (κ2) is 13.1. The Morgan fingerprint density at radius 2 is 1.74 bits per heavy atom. The molecular weight excluding hydrogens is 603 g/mol. The Morgan fingerprint density at radius 1 is 1.04 bits per heavy atom. The van der Waals surface area contributed by atoms with E-state index in [-0.39, 0.29) is 28.3 Å². The van der Waals surface area contributed by atoms with Crippen molar-refractivity contribution in [2.24, 2.45) is 0 Å². The first-order chi connectivity index (χ1) is 22.4. The van der Waals surface area contributed by atoms with Crippen molar-refractivity contribution in [1.29, 1.82) is 5.26 Å². The van der Waals surface area contributed by atoms with Crippen molar-refractivity contribution in [3.63, 3.8) is 0 Å². The molecule has 2 heterocycles. The fraction of sp³-hybridized carbons (Fsp3) is 0.526. The maximum atomic E-state index is 14.4. The standard InChI is InChI=1S/C38H49N5O3Si/c1-7-10-34-33(23-27-13-15-28(16-14-27)32-12-9-8-11-29(32)24-39)35(44)42(36-40-26-41-43(34)36)30-17-19-31(20-18-30)45-25-38(21-22-38)46-47(5,6)37(2,3)4/h8-9,11-16,26,30-31H,7,10,17-23,25H2,1-6H3. The van der Waals surface area contributed by atoms with Crippen LogP contribution in [0.1, 0.15) is 101 Å². The Bertz CT molecular complexity index is 1820. The van der Waals surface area contributed by atoms with Crippen LogP contribution in [0.25, 0.3) is 16.9 Å². The summed E-state index contributed by atoms with van der Waals surface area (Å²) >= 11 is 0. The average molecular weight is 652 g/mol. The molecule has 2 aliphatic rings. The molecule has 0 radical (unpaired) electrons. The summed E-state index contributed by atoms with van der Waals surface area (Å²) in [5.74, 6) is 0.634. The molecule has 248 valence electrons. The van der Waals surface area contributed by atoms with Crippen LogP contribution >= 0.6 is 0 Å². The fourth-order valence-electron chi connectivity index (χ4n) is 6.77. The number of nitriles is 1. The lowest BCUT2D eigenvalue weighted by Gasteiger charge is -2.40. The smallest absolute Gasteiger partial charge is 0.259 e. The van der Waals surface area contributed by atoms with Crippen molar-refractivity contribution in [3.05, 3.63) is 87.6 Å². The maximum absolute atomic E-state index is 14.4. The number of hydrogen-bond donors (Lipinski definition) is 0. The Balaban J connectivity index is 1.20. The van der Waals surface area contributed by atoms with Crippen molar-refractivity contribution in [3.8, 4) is 17.2 Å². The molecule has 0 aliphatic heterocycles. The van der Waals surface area contributed by atoms with Crippen LogP contribution in [0.3, 0.4) is 0 Å². The normalized spacial score (nSPS) is 19.5. The molecule has 0 spiro atoms. The minimum atomic E-state index is -1.86. The number of nitrogens with zero attached hydrogens (tertiary/aromatic N) is 5. The summed E-state index contributed by atoms with van der Waals surface area (Å²) in [7, 11) is -1.86. The highest BCUT2D eigenvalue weighted by Crippen LogP contribution is 2.48. The molecule has 4 aromatic rings. The van der Waals surface area contributed by atoms with Gasteiger partial charge >= 0.3 is 0 Å². The molecule has 0 bridgehead atoms. The van der Waals surface area contributed by atoms with E-state index in [2.05, 4.69) is 69.1 Å². The van der Waals surface area contributed by atoms with E-state index >= 15 is 0 Å². The van der Waals surface area contributed by atoms with Gasteiger partial charge in [0.2, 0.25) is 5.78 Å². The van der Waals surface area contributed by atoms with Crippen LogP contribution in [0.2, 0.25) is 18.1 Å². The third-order valence-electron chi connectivity index (χ3n) is 10.7. The van der Waals surface area contributed by atoms with Gasteiger partial charge in [-0.3, -0.25) is 9.36 Å². The van der Waals surface area contributed by atoms with Gasteiger partial charge in [-0.25, -0.2) is 4.52 Å². The molecule has 2 aromatic carbocycles. The van der Waals surface area contributed by atoms with Gasteiger partial charge in [-0.15, -0.1) is 0 Å². The predicted octanol–water partition coefficient (Wildman–Crippen LogP) is 8.03. The van der Waals surface area contributed by atoms with Crippen LogP contribution in [-0.2, 0) is 22.0 Å². The number of rotatable bonds is 11. The highest BCUT2D eigenvalue weighted by atomic mass is 28.4. The summed E-state index contributed by atoms with van der Waals surface area (Å²) in [6.07, 6.45) is 9.62. The predicted molar refractivity (Wildman–Crippen MR) is 188 cm³/mol. The Morgan fingerprint density at radius 3 is 2.38 bits per heavy atom. The van der Waals surface area contributed by atoms with E-state index in [1.165, 1.54) is 0 Å². The molecule has 2 aromatic heterocycles. The number of fused-ring (bicyclic) bond motifs is 1. The number of aryl methyl sites for hydroxylation is 1. The van der Waals surface area contributed by atoms with E-state index in [0.717, 1.165) is 79.3 Å². The molecule has 2 aliphatic carbocycles. The van der Waals surface area contributed by atoms with E-state index in [9.17, 15) is 10.1 Å². The Labute approximate surface area is 279 Å². The van der Waals surface area contributed by atoms with Crippen LogP contribution in [0.4, 0.5) is 0 Å². The number of benzene rings is 2. The minimum absolute atomic E-state index is 0.0388. The topological polar surface area (TPSA) is 94.4 Å². The monoisotopic (exact) mass is 651 g/mol. The summed E-state index contributed by atoms with van der Waals surface area (Å²) in [6, 6.07) is 18.2. The van der Waals surface area contributed by atoms with Gasteiger partial charge in [0.25, 0.3) is 5.56 Å². The Hall–Kier alpha value is -3.58. The van der Waals surface area contributed by atoms with Gasteiger partial charge in [-0.1, -0.05) is 76.6 Å². The van der Waals surface area contributed by atoms with Gasteiger partial charge in [-0.2, -0.15) is 15.3 Å². The second-order valence-corrected chi connectivity index (χ2v) is 19.9. The van der Waals surface area contributed by atoms with E-state index in [1.807, 2.05) is 45.5 Å². The molecule has 0 saturated heterocycles. The van der Waals surface area contributed by atoms with Gasteiger partial charge in [0.05, 0.1) is 35.6 Å². The van der Waals surface area contributed by atoms with Crippen LogP contribution < -0.4 is 5.56 Å². The van der Waals surface area contributed by atoms with Crippen molar-refractivity contribution >= 4 is 14.1 Å². The van der Waals surface area contributed by atoms with Crippen molar-refractivity contribution in [2.75, 3.05) is 6.61 Å². The lowest BCUT2D eigenvalue weighted by atomic mass is 9.92. The summed E-state index contributed by atoms with van der Waals surface area (Å²) in [4.78, 5) is 19.0. The fourth-order valence-corrected chi connectivity index (χ4v) is 8.42. The van der Waals surface area contributed by atoms with Crippen molar-refractivity contribution < 1.29 is 9.16 Å². The maximum Gasteiger partial charge on any atom is 0.259 e. The van der Waals surface area contributed by atoms with E-state index in [0.29, 0.717) is 24.4 Å². The third-order valence-corrected chi connectivity index (χ3v) is 15.2. The van der Waals surface area contributed by atoms with Crippen LogP contribution in [0, 0.1) is 11.3 Å². The van der Waals surface area contributed by atoms with Gasteiger partial charge in [0, 0.05) is 18.0 Å². The summed E-state index contributed by atoms with van der Waals surface area (Å²) in [6.45, 7) is 14.3. The number of ether oxygens (including phenoxy) is 1. The zero-order chi connectivity index (χ0) is 33.4. The summed E-state index contributed by atoms with van der Waals surface area (Å²) < 4.78 is 17.1. The zero-order valence-electron chi connectivity index (χ0n) is 28.9. The van der Waals surface area contributed by atoms with E-state index in [1.54, 1.807) is 6.33 Å². The highest BCUT2D eigenvalue weighted by Gasteiger charge is 2.52. The first-order valence-electron chi connectivity index (χ1n) is 17.3. The van der Waals surface area contributed by atoms with Crippen LogP contribution in [0.5, 0.6) is 0 Å². The highest BCUT2D eigenvalue weighted by molar-refractivity contribution is 6.74. The molecule has 9 heteroatoms. The molecule has 6 rings (SSSR count). The van der Waals surface area contributed by atoms with Gasteiger partial charge in [0.15, 0.2) is 8.32 Å². The molecule has 0 unspecified atom stereocenters. The van der Waals surface area contributed by atoms with Crippen LogP contribution in [-0.4, -0.2) is 45.8 Å². The van der Waals surface area contributed by atoms with Crippen molar-refractivity contribution in [2.45, 2.75) is 121 Å². The quantitative estimate of drug-likeness (QED) is 0.152. The first kappa shape index (κ1) is 33.3. The third kappa shape index (κ3) is 6.87. The molecular formula is C38H49N5O3Si. The summed E-state index contributed by atoms with van der Waals surface area (Å²) in [5, 5.41) is 14.4. The minimum Gasteiger partial charge on any atom is -0.409 e. The zero-order valence-corrected chi connectivity index (χ0v) is 29.9. The number of hydrogen-bond acceptors (Lipinski definition) is 6. The largest absolute Gasteiger partial charge is 0.409 e. The van der Waals surface area contributed by atoms with E-state index in [4.69, 9.17) is 9.16 Å². The molecule has 47 heavy (non-hydrogen) atoms. The summed E-state index contributed by atoms with van der Waals surface area (Å²) in [5.41, 5.74) is 5.26. The lowest BCUT2D eigenvalue weighted by Crippen LogP contribution is -2.46. The molecule has 0 atom stereocenters. The first-order valence-corrected chi connectivity index (χ1v) is 20.2. The van der Waals surface area contributed by atoms with Gasteiger partial charge < -0.3 is 9.16 Å². The Kier molecular flexibility index (Phi) is 9.32. The van der Waals surface area contributed by atoms with Crippen LogP contribution in [0.15, 0.2) is 59.7 Å². The van der Waals surface area contributed by atoms with Gasteiger partial charge in [-0.05, 0) is 85.8 Å². The molecule has 2 fully saturated rings. The van der Waals surface area contributed by atoms with Crippen molar-refractivity contribution in [1.82, 2.24) is 19.2 Å². The SMILES string of the molecule is CCCc1c(Cc2ccc(-c3ccccc3C#N)cc2)c(=O)n(C2CCC(OCC3(O[Si](C)(C)C(C)(C)C)CC3)CC2)c2ncnn12. The average Bonchev–Trinajstić information content (AvgIpc) is 3.64. The van der Waals surface area contributed by atoms with E-state index < -0.39 is 8.32 Å². The molecule has 0 amide bonds. The lowest BCUT2D eigenvalue weighted by molar-refractivity contribution is -0.0342. The molecule has 8 nitrogen and oxygen atoms in total. The molecule has 2 saturated carbocycles. The van der Waals surface area contributed by atoms with Gasteiger partial charge in [0.1, 0.15) is 6.33 Å². The molecule has 0 N–H and O–H groups in total. The number of aromatic nitrogens is 4. The second-order valence-electron chi connectivity index (χ2n) is 15.1.